The Hall–Kier alpha value is -1.89. The van der Waals surface area contributed by atoms with Crippen LogP contribution in [0.15, 0.2) is 24.3 Å². The Morgan fingerprint density at radius 2 is 2.13 bits per heavy atom. The molecule has 2 amide bonds. The second-order valence-corrected chi connectivity index (χ2v) is 6.50. The number of nitrogens with zero attached hydrogens (tertiary/aromatic N) is 1. The number of primary amides is 1. The molecule has 1 aromatic rings. The zero-order valence-electron chi connectivity index (χ0n) is 13.9. The van der Waals surface area contributed by atoms with Gasteiger partial charge in [0.25, 0.3) is 0 Å². The summed E-state index contributed by atoms with van der Waals surface area (Å²) in [6.45, 7) is 2.34. The number of thioether (sulfide) groups is 1. The molecule has 0 saturated carbocycles. The van der Waals surface area contributed by atoms with E-state index >= 15 is 0 Å². The van der Waals surface area contributed by atoms with Crippen molar-refractivity contribution in [3.63, 3.8) is 0 Å². The molecule has 0 saturated heterocycles. The standard InChI is InChI=1S/C16H25N3O3S/c1-12(10-18-16(21)11-23-8-7-15(17)20)22-14-6-4-5-13(9-14)19(2)3/h4-6,9,12H,7-8,10-11H2,1-3H3,(H2,17,20)(H,18,21). The van der Waals surface area contributed by atoms with E-state index < -0.39 is 0 Å². The van der Waals surface area contributed by atoms with Crippen molar-refractivity contribution in [3.8, 4) is 5.75 Å². The van der Waals surface area contributed by atoms with Crippen molar-refractivity contribution in [2.24, 2.45) is 5.73 Å². The molecule has 7 heteroatoms. The molecular weight excluding hydrogens is 314 g/mol. The van der Waals surface area contributed by atoms with Crippen molar-refractivity contribution in [2.75, 3.05) is 37.0 Å². The van der Waals surface area contributed by atoms with E-state index in [2.05, 4.69) is 5.32 Å². The van der Waals surface area contributed by atoms with Crippen LogP contribution in [0.5, 0.6) is 5.75 Å². The first-order valence-corrected chi connectivity index (χ1v) is 8.60. The minimum absolute atomic E-state index is 0.0723. The van der Waals surface area contributed by atoms with Crippen molar-refractivity contribution in [2.45, 2.75) is 19.4 Å². The summed E-state index contributed by atoms with van der Waals surface area (Å²) in [5, 5.41) is 2.82. The molecule has 0 aliphatic heterocycles. The van der Waals surface area contributed by atoms with E-state index in [1.807, 2.05) is 50.2 Å². The van der Waals surface area contributed by atoms with Gasteiger partial charge in [-0.1, -0.05) is 6.07 Å². The topological polar surface area (TPSA) is 84.7 Å². The van der Waals surface area contributed by atoms with E-state index in [1.54, 1.807) is 0 Å². The number of hydrogen-bond acceptors (Lipinski definition) is 5. The minimum atomic E-state index is -0.347. The molecule has 0 spiro atoms. The van der Waals surface area contributed by atoms with E-state index in [4.69, 9.17) is 10.5 Å². The van der Waals surface area contributed by atoms with E-state index in [1.165, 1.54) is 11.8 Å². The van der Waals surface area contributed by atoms with Crippen LogP contribution in [-0.4, -0.2) is 50.1 Å². The zero-order valence-corrected chi connectivity index (χ0v) is 14.7. The van der Waals surface area contributed by atoms with E-state index in [-0.39, 0.29) is 17.9 Å². The lowest BCUT2D eigenvalue weighted by atomic mass is 10.3. The summed E-state index contributed by atoms with van der Waals surface area (Å²) in [7, 11) is 3.94. The number of benzene rings is 1. The third kappa shape index (κ3) is 8.35. The lowest BCUT2D eigenvalue weighted by Crippen LogP contribution is -2.34. The van der Waals surface area contributed by atoms with Crippen LogP contribution in [0, 0.1) is 0 Å². The molecular formula is C16H25N3O3S. The van der Waals surface area contributed by atoms with Gasteiger partial charge in [0.15, 0.2) is 0 Å². The SMILES string of the molecule is CC(CNC(=O)CSCCC(N)=O)Oc1cccc(N(C)C)c1. The molecule has 0 aromatic heterocycles. The first-order valence-electron chi connectivity index (χ1n) is 7.45. The predicted molar refractivity (Wildman–Crippen MR) is 95.0 cm³/mol. The molecule has 1 unspecified atom stereocenters. The second kappa shape index (κ2) is 9.99. The summed E-state index contributed by atoms with van der Waals surface area (Å²) in [6.07, 6.45) is 0.159. The van der Waals surface area contributed by atoms with Crippen LogP contribution in [-0.2, 0) is 9.59 Å². The summed E-state index contributed by atoms with van der Waals surface area (Å²) in [4.78, 5) is 24.3. The molecule has 3 N–H and O–H groups in total. The highest BCUT2D eigenvalue weighted by Gasteiger charge is 2.08. The second-order valence-electron chi connectivity index (χ2n) is 5.39. The Labute approximate surface area is 141 Å². The largest absolute Gasteiger partial charge is 0.489 e. The maximum Gasteiger partial charge on any atom is 0.230 e. The lowest BCUT2D eigenvalue weighted by molar-refractivity contribution is -0.119. The van der Waals surface area contributed by atoms with Gasteiger partial charge in [-0.15, -0.1) is 0 Å². The number of hydrogen-bond donors (Lipinski definition) is 2. The molecule has 0 aliphatic carbocycles. The maximum absolute atomic E-state index is 11.7. The molecule has 0 bridgehead atoms. The van der Waals surface area contributed by atoms with Crippen LogP contribution in [0.1, 0.15) is 13.3 Å². The summed E-state index contributed by atoms with van der Waals surface area (Å²) in [5.74, 6) is 1.23. The number of ether oxygens (including phenoxy) is 1. The van der Waals surface area contributed by atoms with Crippen molar-refractivity contribution >= 4 is 29.3 Å². The van der Waals surface area contributed by atoms with E-state index in [9.17, 15) is 9.59 Å². The smallest absolute Gasteiger partial charge is 0.230 e. The highest BCUT2D eigenvalue weighted by atomic mass is 32.2. The monoisotopic (exact) mass is 339 g/mol. The van der Waals surface area contributed by atoms with Crippen molar-refractivity contribution < 1.29 is 14.3 Å². The van der Waals surface area contributed by atoms with Crippen LogP contribution in [0.3, 0.4) is 0 Å². The highest BCUT2D eigenvalue weighted by Crippen LogP contribution is 2.20. The molecule has 6 nitrogen and oxygen atoms in total. The molecule has 23 heavy (non-hydrogen) atoms. The van der Waals surface area contributed by atoms with Crippen molar-refractivity contribution in [1.29, 1.82) is 0 Å². The Kier molecular flexibility index (Phi) is 8.32. The molecule has 1 aromatic carbocycles. The lowest BCUT2D eigenvalue weighted by Gasteiger charge is -2.18. The first kappa shape index (κ1) is 19.2. The Morgan fingerprint density at radius 1 is 1.39 bits per heavy atom. The predicted octanol–water partition coefficient (Wildman–Crippen LogP) is 1.24. The van der Waals surface area contributed by atoms with Crippen LogP contribution in [0.2, 0.25) is 0 Å². The molecule has 0 aliphatic rings. The molecule has 0 radical (unpaired) electrons. The summed E-state index contributed by atoms with van der Waals surface area (Å²) in [5.41, 5.74) is 6.10. The third-order valence-corrected chi connectivity index (χ3v) is 3.94. The number of rotatable bonds is 10. The Bertz CT molecular complexity index is 523. The quantitative estimate of drug-likeness (QED) is 0.627. The van der Waals surface area contributed by atoms with E-state index in [0.29, 0.717) is 24.5 Å². The normalized spacial score (nSPS) is 11.6. The fourth-order valence-corrected chi connectivity index (χ4v) is 2.53. The highest BCUT2D eigenvalue weighted by molar-refractivity contribution is 7.99. The van der Waals surface area contributed by atoms with Gasteiger partial charge in [-0.25, -0.2) is 0 Å². The number of carbonyl (C=O) groups excluding carboxylic acids is 2. The molecule has 0 fully saturated rings. The number of anilines is 1. The number of nitrogens with one attached hydrogen (secondary N) is 1. The average molecular weight is 339 g/mol. The van der Waals surface area contributed by atoms with Crippen LogP contribution in [0.4, 0.5) is 5.69 Å². The van der Waals surface area contributed by atoms with Gasteiger partial charge in [-0.05, 0) is 19.1 Å². The summed E-state index contributed by atoms with van der Waals surface area (Å²) in [6, 6.07) is 7.79. The van der Waals surface area contributed by atoms with Gasteiger partial charge in [-0.2, -0.15) is 11.8 Å². The fraction of sp³-hybridized carbons (Fsp3) is 0.500. The number of carbonyl (C=O) groups is 2. The Morgan fingerprint density at radius 3 is 2.78 bits per heavy atom. The average Bonchev–Trinajstić information content (AvgIpc) is 2.49. The first-order chi connectivity index (χ1) is 10.9. The molecule has 1 rings (SSSR count). The summed E-state index contributed by atoms with van der Waals surface area (Å²) >= 11 is 1.39. The van der Waals surface area contributed by atoms with Gasteiger partial charge in [0.2, 0.25) is 11.8 Å². The van der Waals surface area contributed by atoms with Gasteiger partial charge >= 0.3 is 0 Å². The number of nitrogens with two attached hydrogens (primary N) is 1. The van der Waals surface area contributed by atoms with Gasteiger partial charge < -0.3 is 20.7 Å². The molecule has 128 valence electrons. The fourth-order valence-electron chi connectivity index (χ4n) is 1.76. The maximum atomic E-state index is 11.7. The minimum Gasteiger partial charge on any atom is -0.489 e. The van der Waals surface area contributed by atoms with Crippen LogP contribution in [0.25, 0.3) is 0 Å². The zero-order chi connectivity index (χ0) is 17.2. The molecule has 0 heterocycles. The van der Waals surface area contributed by atoms with Crippen LogP contribution < -0.4 is 20.7 Å². The van der Waals surface area contributed by atoms with Gasteiger partial charge in [0.1, 0.15) is 11.9 Å². The number of amides is 2. The van der Waals surface area contributed by atoms with Crippen molar-refractivity contribution in [3.05, 3.63) is 24.3 Å². The van der Waals surface area contributed by atoms with Crippen LogP contribution >= 0.6 is 11.8 Å². The third-order valence-electron chi connectivity index (χ3n) is 2.98. The van der Waals surface area contributed by atoms with Crippen molar-refractivity contribution in [1.82, 2.24) is 5.32 Å². The summed E-state index contributed by atoms with van der Waals surface area (Å²) < 4.78 is 5.80. The van der Waals surface area contributed by atoms with Gasteiger partial charge in [0.05, 0.1) is 12.3 Å². The van der Waals surface area contributed by atoms with E-state index in [0.717, 1.165) is 11.4 Å². The molecule has 1 atom stereocenters. The van der Waals surface area contributed by atoms with Gasteiger partial charge in [-0.3, -0.25) is 9.59 Å². The van der Waals surface area contributed by atoms with Gasteiger partial charge in [0, 0.05) is 38.0 Å². The Balaban J connectivity index is 2.28.